The molecule has 3 rings (SSSR count). The molecule has 2 aromatic carbocycles. The van der Waals surface area contributed by atoms with Gasteiger partial charge >= 0.3 is 0 Å². The standard InChI is InChI=1S/C18H20N4/c1-2-5-13-8-10-14(11-9-13)12-22-16-7-4-3-6-15(16)17(21-22)18(19)20/h3-4,6-11H,2,5,12H2,1H3,(H3,19,20). The molecule has 0 radical (unpaired) electrons. The number of nitrogens with two attached hydrogens (primary N) is 1. The molecule has 4 heteroatoms. The van der Waals surface area contributed by atoms with Crippen molar-refractivity contribution in [3.05, 3.63) is 65.4 Å². The van der Waals surface area contributed by atoms with E-state index in [1.165, 1.54) is 11.1 Å². The van der Waals surface area contributed by atoms with Gasteiger partial charge in [-0.05, 0) is 23.6 Å². The van der Waals surface area contributed by atoms with E-state index in [-0.39, 0.29) is 5.84 Å². The molecule has 0 saturated heterocycles. The molecular weight excluding hydrogens is 272 g/mol. The third-order valence-corrected chi connectivity index (χ3v) is 3.81. The SMILES string of the molecule is CCCc1ccc(Cn2nc(C(=N)N)c3ccccc32)cc1. The largest absolute Gasteiger partial charge is 0.382 e. The quantitative estimate of drug-likeness (QED) is 0.559. The monoisotopic (exact) mass is 292 g/mol. The Bertz CT molecular complexity index is 800. The predicted octanol–water partition coefficient (Wildman–Crippen LogP) is 3.32. The highest BCUT2D eigenvalue weighted by molar-refractivity contribution is 6.05. The molecule has 0 bridgehead atoms. The normalized spacial score (nSPS) is 11.0. The highest BCUT2D eigenvalue weighted by atomic mass is 15.3. The van der Waals surface area contributed by atoms with Crippen LogP contribution in [0.4, 0.5) is 0 Å². The Morgan fingerprint density at radius 2 is 1.77 bits per heavy atom. The van der Waals surface area contributed by atoms with Crippen LogP contribution in [-0.4, -0.2) is 15.6 Å². The Hall–Kier alpha value is -2.62. The number of nitrogens with one attached hydrogen (secondary N) is 1. The summed E-state index contributed by atoms with van der Waals surface area (Å²) in [4.78, 5) is 0. The summed E-state index contributed by atoms with van der Waals surface area (Å²) in [5.74, 6) is 0.00763. The molecule has 0 spiro atoms. The van der Waals surface area contributed by atoms with E-state index in [1.807, 2.05) is 28.9 Å². The Balaban J connectivity index is 1.95. The lowest BCUT2D eigenvalue weighted by Crippen LogP contribution is -2.13. The molecule has 3 N–H and O–H groups in total. The van der Waals surface area contributed by atoms with Crippen molar-refractivity contribution in [1.29, 1.82) is 5.41 Å². The number of aryl methyl sites for hydroxylation is 1. The summed E-state index contributed by atoms with van der Waals surface area (Å²) in [5, 5.41) is 13.1. The molecule has 0 amide bonds. The minimum atomic E-state index is 0.00763. The fraction of sp³-hybridized carbons (Fsp3) is 0.222. The van der Waals surface area contributed by atoms with Crippen LogP contribution in [0.15, 0.2) is 48.5 Å². The summed E-state index contributed by atoms with van der Waals surface area (Å²) in [6.07, 6.45) is 2.27. The van der Waals surface area contributed by atoms with Gasteiger partial charge in [0.1, 0.15) is 11.5 Å². The van der Waals surface area contributed by atoms with Crippen molar-refractivity contribution >= 4 is 16.7 Å². The third kappa shape index (κ3) is 2.72. The number of hydrogen-bond acceptors (Lipinski definition) is 2. The molecule has 3 aromatic rings. The van der Waals surface area contributed by atoms with Crippen LogP contribution in [0.1, 0.15) is 30.2 Å². The van der Waals surface area contributed by atoms with Crippen LogP contribution in [0.3, 0.4) is 0 Å². The zero-order valence-corrected chi connectivity index (χ0v) is 12.7. The molecule has 22 heavy (non-hydrogen) atoms. The lowest BCUT2D eigenvalue weighted by molar-refractivity contribution is 0.709. The number of rotatable bonds is 5. The van der Waals surface area contributed by atoms with Crippen LogP contribution in [0, 0.1) is 5.41 Å². The summed E-state index contributed by atoms with van der Waals surface area (Å²) < 4.78 is 1.92. The summed E-state index contributed by atoms with van der Waals surface area (Å²) >= 11 is 0. The molecule has 0 atom stereocenters. The number of benzene rings is 2. The predicted molar refractivity (Wildman–Crippen MR) is 90.3 cm³/mol. The van der Waals surface area contributed by atoms with Gasteiger partial charge in [0.2, 0.25) is 0 Å². The number of aromatic nitrogens is 2. The van der Waals surface area contributed by atoms with E-state index in [1.54, 1.807) is 0 Å². The van der Waals surface area contributed by atoms with Crippen molar-refractivity contribution in [2.45, 2.75) is 26.3 Å². The number of para-hydroxylation sites is 1. The van der Waals surface area contributed by atoms with Gasteiger partial charge in [-0.2, -0.15) is 5.10 Å². The number of nitrogens with zero attached hydrogens (tertiary/aromatic N) is 2. The molecule has 0 unspecified atom stereocenters. The Labute approximate surface area is 130 Å². The molecule has 0 saturated carbocycles. The highest BCUT2D eigenvalue weighted by Gasteiger charge is 2.12. The summed E-state index contributed by atoms with van der Waals surface area (Å²) in [5.41, 5.74) is 9.77. The van der Waals surface area contributed by atoms with E-state index in [2.05, 4.69) is 36.3 Å². The molecule has 0 aliphatic carbocycles. The lowest BCUT2D eigenvalue weighted by Gasteiger charge is -2.05. The van der Waals surface area contributed by atoms with Crippen LogP contribution in [0.5, 0.6) is 0 Å². The summed E-state index contributed by atoms with van der Waals surface area (Å²) in [7, 11) is 0. The molecule has 4 nitrogen and oxygen atoms in total. The molecule has 0 fully saturated rings. The second-order valence-electron chi connectivity index (χ2n) is 5.50. The zero-order valence-electron chi connectivity index (χ0n) is 12.7. The van der Waals surface area contributed by atoms with Gasteiger partial charge < -0.3 is 5.73 Å². The molecule has 0 aliphatic heterocycles. The van der Waals surface area contributed by atoms with Gasteiger partial charge in [-0.25, -0.2) is 0 Å². The van der Waals surface area contributed by atoms with Gasteiger partial charge in [0.15, 0.2) is 0 Å². The summed E-state index contributed by atoms with van der Waals surface area (Å²) in [6.45, 7) is 2.87. The number of fused-ring (bicyclic) bond motifs is 1. The number of hydrogen-bond donors (Lipinski definition) is 2. The van der Waals surface area contributed by atoms with Gasteiger partial charge in [0.05, 0.1) is 12.1 Å². The van der Waals surface area contributed by atoms with Crippen molar-refractivity contribution in [1.82, 2.24) is 9.78 Å². The first-order valence-corrected chi connectivity index (χ1v) is 7.57. The first-order valence-electron chi connectivity index (χ1n) is 7.57. The molecular formula is C18H20N4. The maximum atomic E-state index is 7.69. The number of nitrogen functional groups attached to an aromatic ring is 1. The van der Waals surface area contributed by atoms with Crippen LogP contribution in [0.2, 0.25) is 0 Å². The van der Waals surface area contributed by atoms with Crippen LogP contribution in [-0.2, 0) is 13.0 Å². The maximum Gasteiger partial charge on any atom is 0.144 e. The minimum absolute atomic E-state index is 0.00763. The first kappa shape index (κ1) is 14.3. The smallest absolute Gasteiger partial charge is 0.144 e. The van der Waals surface area contributed by atoms with Gasteiger partial charge in [0, 0.05) is 5.39 Å². The molecule has 112 valence electrons. The van der Waals surface area contributed by atoms with E-state index in [9.17, 15) is 0 Å². The second-order valence-corrected chi connectivity index (χ2v) is 5.50. The van der Waals surface area contributed by atoms with Gasteiger partial charge in [-0.3, -0.25) is 10.1 Å². The minimum Gasteiger partial charge on any atom is -0.382 e. The van der Waals surface area contributed by atoms with E-state index >= 15 is 0 Å². The van der Waals surface area contributed by atoms with E-state index in [0.29, 0.717) is 12.2 Å². The summed E-state index contributed by atoms with van der Waals surface area (Å²) in [6, 6.07) is 16.5. The van der Waals surface area contributed by atoms with Crippen molar-refractivity contribution < 1.29 is 0 Å². The molecule has 1 aromatic heterocycles. The zero-order chi connectivity index (χ0) is 15.5. The van der Waals surface area contributed by atoms with Gasteiger partial charge in [-0.1, -0.05) is 55.8 Å². The Morgan fingerprint density at radius 1 is 1.09 bits per heavy atom. The van der Waals surface area contributed by atoms with Gasteiger partial charge in [0.25, 0.3) is 0 Å². The fourth-order valence-corrected chi connectivity index (χ4v) is 2.72. The van der Waals surface area contributed by atoms with Crippen LogP contribution >= 0.6 is 0 Å². The van der Waals surface area contributed by atoms with E-state index < -0.39 is 0 Å². The van der Waals surface area contributed by atoms with Gasteiger partial charge in [-0.15, -0.1) is 0 Å². The topological polar surface area (TPSA) is 67.7 Å². The van der Waals surface area contributed by atoms with Crippen molar-refractivity contribution in [3.8, 4) is 0 Å². The highest BCUT2D eigenvalue weighted by Crippen LogP contribution is 2.19. The lowest BCUT2D eigenvalue weighted by atomic mass is 10.1. The Kier molecular flexibility index (Phi) is 3.92. The average molecular weight is 292 g/mol. The van der Waals surface area contributed by atoms with E-state index in [4.69, 9.17) is 11.1 Å². The molecule has 0 aliphatic rings. The van der Waals surface area contributed by atoms with Crippen LogP contribution < -0.4 is 5.73 Å². The maximum absolute atomic E-state index is 7.69. The second kappa shape index (κ2) is 6.02. The molecule has 1 heterocycles. The Morgan fingerprint density at radius 3 is 2.45 bits per heavy atom. The fourth-order valence-electron chi connectivity index (χ4n) is 2.72. The van der Waals surface area contributed by atoms with E-state index in [0.717, 1.165) is 23.7 Å². The average Bonchev–Trinajstić information content (AvgIpc) is 2.89. The van der Waals surface area contributed by atoms with Crippen LogP contribution in [0.25, 0.3) is 10.9 Å². The van der Waals surface area contributed by atoms with Crippen molar-refractivity contribution in [3.63, 3.8) is 0 Å². The first-order chi connectivity index (χ1) is 10.7. The third-order valence-electron chi connectivity index (χ3n) is 3.81. The van der Waals surface area contributed by atoms with Crippen molar-refractivity contribution in [2.24, 2.45) is 5.73 Å². The number of amidine groups is 1. The van der Waals surface area contributed by atoms with Crippen molar-refractivity contribution in [2.75, 3.05) is 0 Å².